The molecule has 0 amide bonds. The molecule has 1 N–H and O–H groups in total. The molecule has 1 heterocycles. The molecule has 1 aromatic carbocycles. The van der Waals surface area contributed by atoms with Crippen LogP contribution < -0.4 is 4.90 Å². The first-order valence-electron chi connectivity index (χ1n) is 6.45. The Kier molecular flexibility index (Phi) is 3.92. The van der Waals surface area contributed by atoms with Crippen molar-refractivity contribution in [2.75, 3.05) is 11.4 Å². The number of carboxylic acid groups (broad SMARTS) is 1. The number of alkyl halides is 3. The lowest BCUT2D eigenvalue weighted by atomic mass is 9.91. The molecule has 110 valence electrons. The molecule has 20 heavy (non-hydrogen) atoms. The fourth-order valence-electron chi connectivity index (χ4n) is 2.62. The summed E-state index contributed by atoms with van der Waals surface area (Å²) < 4.78 is 37.5. The summed E-state index contributed by atoms with van der Waals surface area (Å²) in [5, 5.41) is 9.00. The zero-order valence-corrected chi connectivity index (χ0v) is 11.0. The van der Waals surface area contributed by atoms with Gasteiger partial charge in [-0.2, -0.15) is 13.2 Å². The molecule has 2 rings (SSSR count). The van der Waals surface area contributed by atoms with Crippen molar-refractivity contribution < 1.29 is 23.1 Å². The number of piperidine rings is 1. The Hall–Kier alpha value is -1.72. The second-order valence-corrected chi connectivity index (χ2v) is 5.15. The molecular weight excluding hydrogens is 271 g/mol. The van der Waals surface area contributed by atoms with Crippen molar-refractivity contribution in [1.82, 2.24) is 0 Å². The highest BCUT2D eigenvalue weighted by molar-refractivity contribution is 5.70. The van der Waals surface area contributed by atoms with Crippen LogP contribution >= 0.6 is 0 Å². The van der Waals surface area contributed by atoms with Crippen molar-refractivity contribution in [2.45, 2.75) is 32.0 Å². The molecule has 0 aromatic heterocycles. The molecule has 1 aromatic rings. The third-order valence-corrected chi connectivity index (χ3v) is 3.75. The monoisotopic (exact) mass is 287 g/mol. The fraction of sp³-hybridized carbons (Fsp3) is 0.500. The standard InChI is InChI=1S/C14H16F3NO2/c1-9-8-10(13(19)20)6-7-18(9)12-4-2-11(3-5-12)14(15,16)17/h2-5,9-10H,6-8H2,1H3,(H,19,20). The van der Waals surface area contributed by atoms with Gasteiger partial charge in [-0.3, -0.25) is 4.79 Å². The summed E-state index contributed by atoms with van der Waals surface area (Å²) in [6, 6.07) is 5.01. The van der Waals surface area contributed by atoms with Crippen LogP contribution in [0.3, 0.4) is 0 Å². The van der Waals surface area contributed by atoms with Gasteiger partial charge in [0.25, 0.3) is 0 Å². The quantitative estimate of drug-likeness (QED) is 0.906. The number of carbonyl (C=O) groups is 1. The highest BCUT2D eigenvalue weighted by atomic mass is 19.4. The Morgan fingerprint density at radius 3 is 2.35 bits per heavy atom. The van der Waals surface area contributed by atoms with Gasteiger partial charge in [-0.1, -0.05) is 0 Å². The lowest BCUT2D eigenvalue weighted by Gasteiger charge is -2.38. The van der Waals surface area contributed by atoms with E-state index in [1.165, 1.54) is 12.1 Å². The zero-order chi connectivity index (χ0) is 14.9. The van der Waals surface area contributed by atoms with Gasteiger partial charge in [-0.25, -0.2) is 0 Å². The molecule has 2 atom stereocenters. The predicted molar refractivity (Wildman–Crippen MR) is 68.6 cm³/mol. The summed E-state index contributed by atoms with van der Waals surface area (Å²) in [6.45, 7) is 2.44. The van der Waals surface area contributed by atoms with Gasteiger partial charge in [-0.05, 0) is 44.0 Å². The molecule has 3 nitrogen and oxygen atoms in total. The van der Waals surface area contributed by atoms with E-state index in [1.54, 1.807) is 0 Å². The molecule has 0 spiro atoms. The van der Waals surface area contributed by atoms with Gasteiger partial charge in [0, 0.05) is 18.3 Å². The molecule has 1 fully saturated rings. The molecule has 1 saturated heterocycles. The normalized spacial score (nSPS) is 23.7. The maximum Gasteiger partial charge on any atom is 0.416 e. The number of benzene rings is 1. The molecule has 0 bridgehead atoms. The first kappa shape index (κ1) is 14.7. The summed E-state index contributed by atoms with van der Waals surface area (Å²) in [5.41, 5.74) is 0.0312. The Morgan fingerprint density at radius 1 is 1.30 bits per heavy atom. The third kappa shape index (κ3) is 3.05. The van der Waals surface area contributed by atoms with Gasteiger partial charge >= 0.3 is 12.1 Å². The smallest absolute Gasteiger partial charge is 0.416 e. The van der Waals surface area contributed by atoms with Gasteiger partial charge in [0.1, 0.15) is 0 Å². The molecular formula is C14H16F3NO2. The van der Waals surface area contributed by atoms with E-state index in [0.29, 0.717) is 25.1 Å². The van der Waals surface area contributed by atoms with Crippen LogP contribution in [0.15, 0.2) is 24.3 Å². The molecule has 2 unspecified atom stereocenters. The van der Waals surface area contributed by atoms with Crippen LogP contribution in [0.1, 0.15) is 25.3 Å². The fourth-order valence-corrected chi connectivity index (χ4v) is 2.62. The summed E-state index contributed by atoms with van der Waals surface area (Å²) >= 11 is 0. The molecule has 0 aliphatic carbocycles. The average molecular weight is 287 g/mol. The Bertz CT molecular complexity index is 484. The van der Waals surface area contributed by atoms with Crippen LogP contribution in [-0.2, 0) is 11.0 Å². The molecule has 1 aliphatic rings. The van der Waals surface area contributed by atoms with Crippen molar-refractivity contribution in [3.05, 3.63) is 29.8 Å². The van der Waals surface area contributed by atoms with Gasteiger partial charge in [0.15, 0.2) is 0 Å². The largest absolute Gasteiger partial charge is 0.481 e. The van der Waals surface area contributed by atoms with Gasteiger partial charge in [0.05, 0.1) is 11.5 Å². The summed E-state index contributed by atoms with van der Waals surface area (Å²) in [4.78, 5) is 12.9. The highest BCUT2D eigenvalue weighted by Gasteiger charge is 2.32. The predicted octanol–water partition coefficient (Wildman–Crippen LogP) is 3.39. The van der Waals surface area contributed by atoms with Crippen LogP contribution in [0.4, 0.5) is 18.9 Å². The molecule has 0 radical (unpaired) electrons. The van der Waals surface area contributed by atoms with Crippen molar-refractivity contribution in [3.63, 3.8) is 0 Å². The van der Waals surface area contributed by atoms with E-state index in [4.69, 9.17) is 5.11 Å². The minimum Gasteiger partial charge on any atom is -0.481 e. The molecule has 0 saturated carbocycles. The van der Waals surface area contributed by atoms with Crippen molar-refractivity contribution in [3.8, 4) is 0 Å². The van der Waals surface area contributed by atoms with Crippen molar-refractivity contribution >= 4 is 11.7 Å². The second kappa shape index (κ2) is 5.34. The van der Waals surface area contributed by atoms with E-state index in [-0.39, 0.29) is 12.0 Å². The number of nitrogens with zero attached hydrogens (tertiary/aromatic N) is 1. The molecule has 6 heteroatoms. The molecule has 1 aliphatic heterocycles. The van der Waals surface area contributed by atoms with Crippen LogP contribution in [-0.4, -0.2) is 23.7 Å². The van der Waals surface area contributed by atoms with Crippen LogP contribution in [0.2, 0.25) is 0 Å². The van der Waals surface area contributed by atoms with E-state index in [1.807, 2.05) is 11.8 Å². The second-order valence-electron chi connectivity index (χ2n) is 5.15. The zero-order valence-electron chi connectivity index (χ0n) is 11.0. The topological polar surface area (TPSA) is 40.5 Å². The van der Waals surface area contributed by atoms with Crippen LogP contribution in [0, 0.1) is 5.92 Å². The summed E-state index contributed by atoms with van der Waals surface area (Å²) in [6.07, 6.45) is -3.31. The van der Waals surface area contributed by atoms with Gasteiger partial charge in [0.2, 0.25) is 0 Å². The SMILES string of the molecule is CC1CC(C(=O)O)CCN1c1ccc(C(F)(F)F)cc1. The van der Waals surface area contributed by atoms with E-state index in [0.717, 1.165) is 12.1 Å². The van der Waals surface area contributed by atoms with E-state index < -0.39 is 17.7 Å². The van der Waals surface area contributed by atoms with Crippen molar-refractivity contribution in [2.24, 2.45) is 5.92 Å². The highest BCUT2D eigenvalue weighted by Crippen LogP contribution is 2.32. The Morgan fingerprint density at radius 2 is 1.90 bits per heavy atom. The summed E-state index contributed by atoms with van der Waals surface area (Å²) in [7, 11) is 0. The minimum atomic E-state index is -4.33. The van der Waals surface area contributed by atoms with Crippen LogP contribution in [0.5, 0.6) is 0 Å². The van der Waals surface area contributed by atoms with Crippen LogP contribution in [0.25, 0.3) is 0 Å². The number of aliphatic carboxylic acids is 1. The number of hydrogen-bond acceptors (Lipinski definition) is 2. The number of carboxylic acids is 1. The summed E-state index contributed by atoms with van der Waals surface area (Å²) in [5.74, 6) is -1.17. The van der Waals surface area contributed by atoms with E-state index in [9.17, 15) is 18.0 Å². The Balaban J connectivity index is 2.11. The maximum atomic E-state index is 12.5. The lowest BCUT2D eigenvalue weighted by molar-refractivity contribution is -0.142. The third-order valence-electron chi connectivity index (χ3n) is 3.75. The number of anilines is 1. The maximum absolute atomic E-state index is 12.5. The van der Waals surface area contributed by atoms with Gasteiger partial charge < -0.3 is 10.0 Å². The van der Waals surface area contributed by atoms with E-state index >= 15 is 0 Å². The van der Waals surface area contributed by atoms with E-state index in [2.05, 4.69) is 0 Å². The number of hydrogen-bond donors (Lipinski definition) is 1. The Labute approximate surface area is 115 Å². The van der Waals surface area contributed by atoms with Crippen molar-refractivity contribution in [1.29, 1.82) is 0 Å². The average Bonchev–Trinajstić information content (AvgIpc) is 2.37. The first-order chi connectivity index (χ1) is 9.29. The number of halogens is 3. The number of rotatable bonds is 2. The minimum absolute atomic E-state index is 0.00147. The first-order valence-corrected chi connectivity index (χ1v) is 6.45. The van der Waals surface area contributed by atoms with Gasteiger partial charge in [-0.15, -0.1) is 0 Å². The lowest BCUT2D eigenvalue weighted by Crippen LogP contribution is -2.42.